The molecule has 0 atom stereocenters. The number of benzene rings is 1. The summed E-state index contributed by atoms with van der Waals surface area (Å²) in [6.45, 7) is 1.57. The normalized spacial score (nSPS) is 11.5. The first kappa shape index (κ1) is 16.0. The molecule has 0 radical (unpaired) electrons. The van der Waals surface area contributed by atoms with E-state index in [-0.39, 0.29) is 12.5 Å². The van der Waals surface area contributed by atoms with Crippen molar-refractivity contribution in [2.75, 3.05) is 19.0 Å². The van der Waals surface area contributed by atoms with Gasteiger partial charge in [0.1, 0.15) is 12.3 Å². The van der Waals surface area contributed by atoms with Crippen molar-refractivity contribution >= 4 is 11.6 Å². The van der Waals surface area contributed by atoms with E-state index < -0.39 is 11.7 Å². The molecular formula is C14H14F3N3O2. The van der Waals surface area contributed by atoms with Gasteiger partial charge in [-0.2, -0.15) is 18.3 Å². The standard InChI is InChI=1S/C14H14F3N3O2/c1-8-12(18-11(21)7-22-2)13(20-19-8)9-3-5-10(6-4-9)14(15,16)17/h3-6H,7H2,1-2H3,(H,18,21)(H,19,20). The van der Waals surface area contributed by atoms with Gasteiger partial charge in [0.15, 0.2) is 0 Å². The van der Waals surface area contributed by atoms with Crippen LogP contribution in [0.2, 0.25) is 0 Å². The predicted molar refractivity (Wildman–Crippen MR) is 74.3 cm³/mol. The number of aryl methyl sites for hydroxylation is 1. The fourth-order valence-electron chi connectivity index (χ4n) is 1.91. The summed E-state index contributed by atoms with van der Waals surface area (Å²) in [4.78, 5) is 11.6. The van der Waals surface area contributed by atoms with Crippen LogP contribution in [-0.2, 0) is 15.7 Å². The Bertz CT molecular complexity index is 663. The number of aromatic amines is 1. The summed E-state index contributed by atoms with van der Waals surface area (Å²) < 4.78 is 42.4. The molecule has 0 aliphatic heterocycles. The van der Waals surface area contributed by atoms with Crippen molar-refractivity contribution in [2.45, 2.75) is 13.1 Å². The molecule has 0 aliphatic carbocycles. The summed E-state index contributed by atoms with van der Waals surface area (Å²) in [5.41, 5.74) is 1.11. The van der Waals surface area contributed by atoms with Gasteiger partial charge in [-0.1, -0.05) is 12.1 Å². The molecule has 0 unspecified atom stereocenters. The Labute approximate surface area is 124 Å². The van der Waals surface area contributed by atoms with Gasteiger partial charge in [0.25, 0.3) is 0 Å². The first-order chi connectivity index (χ1) is 10.3. The van der Waals surface area contributed by atoms with Crippen LogP contribution in [0.5, 0.6) is 0 Å². The van der Waals surface area contributed by atoms with E-state index in [2.05, 4.69) is 15.5 Å². The highest BCUT2D eigenvalue weighted by molar-refractivity contribution is 5.96. The zero-order chi connectivity index (χ0) is 16.3. The van der Waals surface area contributed by atoms with Gasteiger partial charge in [0.2, 0.25) is 5.91 Å². The molecule has 0 saturated heterocycles. The summed E-state index contributed by atoms with van der Waals surface area (Å²) >= 11 is 0. The number of ether oxygens (including phenoxy) is 1. The van der Waals surface area contributed by atoms with Crippen LogP contribution in [0.25, 0.3) is 11.3 Å². The third-order valence-corrected chi connectivity index (χ3v) is 2.97. The van der Waals surface area contributed by atoms with Crippen molar-refractivity contribution < 1.29 is 22.7 Å². The molecule has 0 fully saturated rings. The number of methoxy groups -OCH3 is 1. The molecular weight excluding hydrogens is 299 g/mol. The summed E-state index contributed by atoms with van der Waals surface area (Å²) in [5, 5.41) is 9.35. The minimum absolute atomic E-state index is 0.128. The number of H-pyrrole nitrogens is 1. The fraction of sp³-hybridized carbons (Fsp3) is 0.286. The van der Waals surface area contributed by atoms with Crippen LogP contribution in [0.15, 0.2) is 24.3 Å². The van der Waals surface area contributed by atoms with E-state index in [4.69, 9.17) is 4.74 Å². The van der Waals surface area contributed by atoms with Crippen molar-refractivity contribution in [1.82, 2.24) is 10.2 Å². The zero-order valence-electron chi connectivity index (χ0n) is 11.9. The van der Waals surface area contributed by atoms with Crippen LogP contribution in [0, 0.1) is 6.92 Å². The molecule has 2 rings (SSSR count). The highest BCUT2D eigenvalue weighted by Gasteiger charge is 2.30. The van der Waals surface area contributed by atoms with Gasteiger partial charge in [-0.05, 0) is 19.1 Å². The Morgan fingerprint density at radius 1 is 1.32 bits per heavy atom. The number of aromatic nitrogens is 2. The van der Waals surface area contributed by atoms with Crippen molar-refractivity contribution in [1.29, 1.82) is 0 Å². The second-order valence-electron chi connectivity index (χ2n) is 4.63. The van der Waals surface area contributed by atoms with Gasteiger partial charge in [-0.25, -0.2) is 0 Å². The number of amides is 1. The minimum Gasteiger partial charge on any atom is -0.375 e. The van der Waals surface area contributed by atoms with Gasteiger partial charge in [-0.15, -0.1) is 0 Å². The number of alkyl halides is 3. The molecule has 0 bridgehead atoms. The van der Waals surface area contributed by atoms with E-state index in [1.54, 1.807) is 6.92 Å². The van der Waals surface area contributed by atoms with Gasteiger partial charge in [0, 0.05) is 12.7 Å². The van der Waals surface area contributed by atoms with E-state index in [1.165, 1.54) is 19.2 Å². The largest absolute Gasteiger partial charge is 0.416 e. The summed E-state index contributed by atoms with van der Waals surface area (Å²) in [5.74, 6) is -0.375. The molecule has 22 heavy (non-hydrogen) atoms. The van der Waals surface area contributed by atoms with Crippen molar-refractivity contribution in [3.05, 3.63) is 35.5 Å². The SMILES string of the molecule is COCC(=O)Nc1c(-c2ccc(C(F)(F)F)cc2)n[nH]c1C. The molecule has 0 saturated carbocycles. The van der Waals surface area contributed by atoms with Gasteiger partial charge < -0.3 is 10.1 Å². The molecule has 0 aliphatic rings. The Balaban J connectivity index is 2.31. The van der Waals surface area contributed by atoms with Gasteiger partial charge in [-0.3, -0.25) is 9.89 Å². The molecule has 118 valence electrons. The lowest BCUT2D eigenvalue weighted by atomic mass is 10.1. The number of nitrogens with one attached hydrogen (secondary N) is 2. The maximum Gasteiger partial charge on any atom is 0.416 e. The van der Waals surface area contributed by atoms with Gasteiger partial charge >= 0.3 is 6.18 Å². The molecule has 1 amide bonds. The number of carbonyl (C=O) groups excluding carboxylic acids is 1. The quantitative estimate of drug-likeness (QED) is 0.912. The number of carbonyl (C=O) groups is 1. The van der Waals surface area contributed by atoms with Crippen LogP contribution in [-0.4, -0.2) is 29.8 Å². The molecule has 1 heterocycles. The van der Waals surface area contributed by atoms with E-state index in [9.17, 15) is 18.0 Å². The molecule has 2 N–H and O–H groups in total. The third kappa shape index (κ3) is 3.45. The molecule has 5 nitrogen and oxygen atoms in total. The topological polar surface area (TPSA) is 67.0 Å². The maximum atomic E-state index is 12.6. The Morgan fingerprint density at radius 3 is 2.50 bits per heavy atom. The van der Waals surface area contributed by atoms with Crippen LogP contribution >= 0.6 is 0 Å². The maximum absolute atomic E-state index is 12.6. The van der Waals surface area contributed by atoms with Crippen molar-refractivity contribution in [2.24, 2.45) is 0 Å². The molecule has 0 spiro atoms. The number of nitrogens with zero attached hydrogens (tertiary/aromatic N) is 1. The second-order valence-corrected chi connectivity index (χ2v) is 4.63. The molecule has 8 heteroatoms. The lowest BCUT2D eigenvalue weighted by Crippen LogP contribution is -2.17. The first-order valence-electron chi connectivity index (χ1n) is 6.34. The molecule has 1 aromatic carbocycles. The average Bonchev–Trinajstić information content (AvgIpc) is 2.80. The predicted octanol–water partition coefficient (Wildman–Crippen LogP) is 2.99. The number of halogens is 3. The Kier molecular flexibility index (Phi) is 4.51. The van der Waals surface area contributed by atoms with Crippen LogP contribution in [0.4, 0.5) is 18.9 Å². The number of rotatable bonds is 4. The van der Waals surface area contributed by atoms with E-state index in [1.807, 2.05) is 0 Å². The summed E-state index contributed by atoms with van der Waals surface area (Å²) in [6.07, 6.45) is -4.39. The highest BCUT2D eigenvalue weighted by Crippen LogP contribution is 2.33. The van der Waals surface area contributed by atoms with Crippen molar-refractivity contribution in [3.63, 3.8) is 0 Å². The number of hydrogen-bond acceptors (Lipinski definition) is 3. The lowest BCUT2D eigenvalue weighted by molar-refractivity contribution is -0.137. The second kappa shape index (κ2) is 6.18. The Morgan fingerprint density at radius 2 is 1.95 bits per heavy atom. The Hall–Kier alpha value is -2.35. The summed E-state index contributed by atoms with van der Waals surface area (Å²) in [6, 6.07) is 4.56. The number of hydrogen-bond donors (Lipinski definition) is 2. The van der Waals surface area contributed by atoms with Crippen LogP contribution in [0.1, 0.15) is 11.3 Å². The third-order valence-electron chi connectivity index (χ3n) is 2.97. The van der Waals surface area contributed by atoms with E-state index in [0.717, 1.165) is 12.1 Å². The smallest absolute Gasteiger partial charge is 0.375 e. The van der Waals surface area contributed by atoms with Crippen molar-refractivity contribution in [3.8, 4) is 11.3 Å². The zero-order valence-corrected chi connectivity index (χ0v) is 11.9. The van der Waals surface area contributed by atoms with E-state index >= 15 is 0 Å². The average molecular weight is 313 g/mol. The minimum atomic E-state index is -4.39. The molecule has 2 aromatic rings. The first-order valence-corrected chi connectivity index (χ1v) is 6.34. The number of anilines is 1. The molecule has 1 aromatic heterocycles. The van der Waals surface area contributed by atoms with Crippen LogP contribution < -0.4 is 5.32 Å². The van der Waals surface area contributed by atoms with E-state index in [0.29, 0.717) is 22.6 Å². The highest BCUT2D eigenvalue weighted by atomic mass is 19.4. The monoisotopic (exact) mass is 313 g/mol. The van der Waals surface area contributed by atoms with Crippen LogP contribution in [0.3, 0.4) is 0 Å². The fourth-order valence-corrected chi connectivity index (χ4v) is 1.91. The van der Waals surface area contributed by atoms with Gasteiger partial charge in [0.05, 0.1) is 16.9 Å². The lowest BCUT2D eigenvalue weighted by Gasteiger charge is -2.09. The summed E-state index contributed by atoms with van der Waals surface area (Å²) in [7, 11) is 1.39.